The van der Waals surface area contributed by atoms with E-state index in [1.54, 1.807) is 30.6 Å². The zero-order chi connectivity index (χ0) is 18.1. The molecule has 4 heteroatoms. The Kier molecular flexibility index (Phi) is 3.98. The summed E-state index contributed by atoms with van der Waals surface area (Å²) in [5, 5.41) is 9.62. The third-order valence-electron chi connectivity index (χ3n) is 4.64. The van der Waals surface area contributed by atoms with Crippen molar-refractivity contribution in [2.75, 3.05) is 0 Å². The molecule has 0 radical (unpaired) electrons. The third kappa shape index (κ3) is 2.64. The molecule has 0 aliphatic heterocycles. The van der Waals surface area contributed by atoms with Gasteiger partial charge in [-0.3, -0.25) is 4.98 Å². The van der Waals surface area contributed by atoms with Crippen molar-refractivity contribution in [3.63, 3.8) is 0 Å². The molecule has 0 N–H and O–H groups in total. The van der Waals surface area contributed by atoms with Gasteiger partial charge in [-0.05, 0) is 54.4 Å². The predicted molar refractivity (Wildman–Crippen MR) is 100 cm³/mol. The fourth-order valence-electron chi connectivity index (χ4n) is 3.46. The van der Waals surface area contributed by atoms with E-state index in [4.69, 9.17) is 5.26 Å². The number of benzene rings is 2. The van der Waals surface area contributed by atoms with Crippen molar-refractivity contribution in [3.05, 3.63) is 89.5 Å². The number of pyridine rings is 1. The van der Waals surface area contributed by atoms with Crippen molar-refractivity contribution in [3.8, 4) is 17.3 Å². The van der Waals surface area contributed by atoms with Crippen molar-refractivity contribution in [2.24, 2.45) is 0 Å². The van der Waals surface area contributed by atoms with E-state index in [1.165, 1.54) is 6.07 Å². The van der Waals surface area contributed by atoms with E-state index >= 15 is 0 Å². The molecule has 0 saturated carbocycles. The summed E-state index contributed by atoms with van der Waals surface area (Å²) >= 11 is 0. The second kappa shape index (κ2) is 6.45. The van der Waals surface area contributed by atoms with Crippen LogP contribution in [0, 0.1) is 24.1 Å². The Morgan fingerprint density at radius 1 is 1.08 bits per heavy atom. The Morgan fingerprint density at radius 3 is 2.58 bits per heavy atom. The average molecular weight is 341 g/mol. The Labute approximate surface area is 151 Å². The molecule has 2 aromatic carbocycles. The van der Waals surface area contributed by atoms with Gasteiger partial charge in [-0.15, -0.1) is 0 Å². The highest BCUT2D eigenvalue weighted by atomic mass is 19.1. The Bertz CT molecular complexity index is 1120. The molecule has 0 saturated heterocycles. The number of aryl methyl sites for hydroxylation is 1. The van der Waals surface area contributed by atoms with E-state index in [9.17, 15) is 4.39 Å². The molecule has 0 spiro atoms. The maximum Gasteiger partial charge on any atom is 0.132 e. The van der Waals surface area contributed by atoms with Crippen molar-refractivity contribution in [1.29, 1.82) is 5.26 Å². The van der Waals surface area contributed by atoms with Crippen LogP contribution >= 0.6 is 0 Å². The SMILES string of the molecule is Cc1c(-c2cccnc2)n(Cc2ccc(C#N)cc2)c2cccc(F)c12. The highest BCUT2D eigenvalue weighted by Crippen LogP contribution is 2.35. The first-order chi connectivity index (χ1) is 12.7. The lowest BCUT2D eigenvalue weighted by Gasteiger charge is -2.12. The van der Waals surface area contributed by atoms with Crippen molar-refractivity contribution in [1.82, 2.24) is 9.55 Å². The number of nitrogens with zero attached hydrogens (tertiary/aromatic N) is 3. The maximum atomic E-state index is 14.5. The zero-order valence-electron chi connectivity index (χ0n) is 14.3. The highest BCUT2D eigenvalue weighted by molar-refractivity contribution is 5.92. The van der Waals surface area contributed by atoms with Crippen LogP contribution < -0.4 is 0 Å². The predicted octanol–water partition coefficient (Wildman–Crippen LogP) is 5.07. The van der Waals surface area contributed by atoms with E-state index in [1.807, 2.05) is 37.3 Å². The number of hydrogen-bond donors (Lipinski definition) is 0. The number of rotatable bonds is 3. The van der Waals surface area contributed by atoms with Crippen molar-refractivity contribution in [2.45, 2.75) is 13.5 Å². The number of aromatic nitrogens is 2. The van der Waals surface area contributed by atoms with E-state index in [2.05, 4.69) is 15.6 Å². The topological polar surface area (TPSA) is 41.6 Å². The van der Waals surface area contributed by atoms with Crippen molar-refractivity contribution < 1.29 is 4.39 Å². The second-order valence-electron chi connectivity index (χ2n) is 6.24. The number of hydrogen-bond acceptors (Lipinski definition) is 2. The van der Waals surface area contributed by atoms with Crippen LogP contribution in [0.15, 0.2) is 67.0 Å². The van der Waals surface area contributed by atoms with Gasteiger partial charge in [-0.25, -0.2) is 4.39 Å². The average Bonchev–Trinajstić information content (AvgIpc) is 2.96. The van der Waals surface area contributed by atoms with Gasteiger partial charge in [0.15, 0.2) is 0 Å². The lowest BCUT2D eigenvalue weighted by Crippen LogP contribution is -2.02. The first-order valence-corrected chi connectivity index (χ1v) is 8.36. The van der Waals surface area contributed by atoms with Gasteiger partial charge in [0.1, 0.15) is 5.82 Å². The fraction of sp³-hybridized carbons (Fsp3) is 0.0909. The largest absolute Gasteiger partial charge is 0.336 e. The van der Waals surface area contributed by atoms with Crippen LogP contribution in [0.4, 0.5) is 4.39 Å². The summed E-state index contributed by atoms with van der Waals surface area (Å²) in [4.78, 5) is 4.22. The molecule has 26 heavy (non-hydrogen) atoms. The first-order valence-electron chi connectivity index (χ1n) is 8.36. The molecular formula is C22H16FN3. The third-order valence-corrected chi connectivity index (χ3v) is 4.64. The van der Waals surface area contributed by atoms with Crippen LogP contribution in [-0.2, 0) is 6.54 Å². The van der Waals surface area contributed by atoms with Gasteiger partial charge in [0.2, 0.25) is 0 Å². The van der Waals surface area contributed by atoms with Gasteiger partial charge in [0.05, 0.1) is 22.8 Å². The smallest absolute Gasteiger partial charge is 0.132 e. The Morgan fingerprint density at radius 2 is 1.88 bits per heavy atom. The van der Waals surface area contributed by atoms with E-state index < -0.39 is 0 Å². The minimum atomic E-state index is -0.219. The maximum absolute atomic E-state index is 14.5. The van der Waals surface area contributed by atoms with Gasteiger partial charge in [0.25, 0.3) is 0 Å². The lowest BCUT2D eigenvalue weighted by molar-refractivity contribution is 0.639. The van der Waals surface area contributed by atoms with E-state index in [0.717, 1.165) is 27.9 Å². The summed E-state index contributed by atoms with van der Waals surface area (Å²) in [5.41, 5.74) is 5.35. The van der Waals surface area contributed by atoms with Gasteiger partial charge in [0, 0.05) is 29.9 Å². The molecule has 4 rings (SSSR count). The molecule has 126 valence electrons. The molecule has 0 atom stereocenters. The van der Waals surface area contributed by atoms with Crippen LogP contribution in [0.3, 0.4) is 0 Å². The number of fused-ring (bicyclic) bond motifs is 1. The first kappa shape index (κ1) is 16.0. The van der Waals surface area contributed by atoms with E-state index in [-0.39, 0.29) is 5.82 Å². The Hall–Kier alpha value is -3.45. The summed E-state index contributed by atoms with van der Waals surface area (Å²) < 4.78 is 16.6. The van der Waals surface area contributed by atoms with Gasteiger partial charge < -0.3 is 4.57 Å². The summed E-state index contributed by atoms with van der Waals surface area (Å²) in [6.45, 7) is 2.53. The zero-order valence-corrected chi connectivity index (χ0v) is 14.3. The van der Waals surface area contributed by atoms with Crippen LogP contribution in [0.1, 0.15) is 16.7 Å². The lowest BCUT2D eigenvalue weighted by atomic mass is 10.1. The molecule has 4 aromatic rings. The van der Waals surface area contributed by atoms with Gasteiger partial charge in [-0.2, -0.15) is 5.26 Å². The molecule has 2 aromatic heterocycles. The molecule has 0 aliphatic rings. The van der Waals surface area contributed by atoms with Crippen LogP contribution in [0.2, 0.25) is 0 Å². The molecule has 3 nitrogen and oxygen atoms in total. The number of nitriles is 1. The fourth-order valence-corrected chi connectivity index (χ4v) is 3.46. The summed E-state index contributed by atoms with van der Waals surface area (Å²) in [6.07, 6.45) is 3.53. The summed E-state index contributed by atoms with van der Waals surface area (Å²) in [6, 6.07) is 18.7. The monoisotopic (exact) mass is 341 g/mol. The standard InChI is InChI=1S/C22H16FN3/c1-15-21-19(23)5-2-6-20(21)26(22(15)18-4-3-11-25-13-18)14-17-9-7-16(12-24)8-10-17/h2-11,13H,14H2,1H3. The minimum absolute atomic E-state index is 0.219. The minimum Gasteiger partial charge on any atom is -0.336 e. The molecule has 0 amide bonds. The van der Waals surface area contributed by atoms with Gasteiger partial charge in [-0.1, -0.05) is 18.2 Å². The highest BCUT2D eigenvalue weighted by Gasteiger charge is 2.18. The van der Waals surface area contributed by atoms with Crippen LogP contribution in [0.25, 0.3) is 22.2 Å². The molecule has 0 bridgehead atoms. The summed E-state index contributed by atoms with van der Waals surface area (Å²) in [7, 11) is 0. The molecular weight excluding hydrogens is 325 g/mol. The molecule has 0 aliphatic carbocycles. The molecule has 0 unspecified atom stereocenters. The summed E-state index contributed by atoms with van der Waals surface area (Å²) in [5.74, 6) is -0.219. The molecule has 2 heterocycles. The quantitative estimate of drug-likeness (QED) is 0.522. The van der Waals surface area contributed by atoms with E-state index in [0.29, 0.717) is 17.5 Å². The van der Waals surface area contributed by atoms with Gasteiger partial charge >= 0.3 is 0 Å². The van der Waals surface area contributed by atoms with Crippen molar-refractivity contribution >= 4 is 10.9 Å². The van der Waals surface area contributed by atoms with Crippen LogP contribution in [-0.4, -0.2) is 9.55 Å². The second-order valence-corrected chi connectivity index (χ2v) is 6.24. The van der Waals surface area contributed by atoms with Crippen LogP contribution in [0.5, 0.6) is 0 Å². The Balaban J connectivity index is 1.94. The molecule has 0 fully saturated rings. The number of halogens is 1. The normalized spacial score (nSPS) is 10.8.